The zero-order valence-electron chi connectivity index (χ0n) is 16.1. The van der Waals surface area contributed by atoms with Crippen LogP contribution in [0.4, 0.5) is 5.69 Å². The van der Waals surface area contributed by atoms with Crippen LogP contribution in [0.15, 0.2) is 77.7 Å². The normalized spacial score (nSPS) is 11.1. The molecule has 1 amide bonds. The molecule has 0 bridgehead atoms. The third-order valence-corrected chi connectivity index (χ3v) is 6.74. The molecule has 0 aliphatic carbocycles. The summed E-state index contributed by atoms with van der Waals surface area (Å²) in [5.41, 5.74) is 2.71. The van der Waals surface area contributed by atoms with E-state index in [0.29, 0.717) is 22.8 Å². The molecule has 1 N–H and O–H groups in total. The molecule has 0 atom stereocenters. The highest BCUT2D eigenvalue weighted by Gasteiger charge is 2.21. The first kappa shape index (κ1) is 20.9. The number of sulfonamides is 1. The van der Waals surface area contributed by atoms with Gasteiger partial charge in [-0.1, -0.05) is 47.5 Å². The molecule has 0 unspecified atom stereocenters. The third-order valence-electron chi connectivity index (χ3n) is 4.57. The van der Waals surface area contributed by atoms with Crippen molar-refractivity contribution in [2.45, 2.75) is 18.4 Å². The molecule has 3 rings (SSSR count). The van der Waals surface area contributed by atoms with Gasteiger partial charge in [0.25, 0.3) is 15.9 Å². The van der Waals surface area contributed by atoms with Crippen LogP contribution in [0.5, 0.6) is 0 Å². The number of rotatable bonds is 6. The van der Waals surface area contributed by atoms with Gasteiger partial charge in [0.05, 0.1) is 10.6 Å². The summed E-state index contributed by atoms with van der Waals surface area (Å²) in [6.07, 6.45) is 0. The minimum Gasteiger partial charge on any atom is -0.348 e. The van der Waals surface area contributed by atoms with Crippen LogP contribution in [0.25, 0.3) is 0 Å². The number of halogens is 1. The van der Waals surface area contributed by atoms with E-state index in [1.54, 1.807) is 54.6 Å². The maximum atomic E-state index is 12.8. The molecule has 5 nitrogen and oxygen atoms in total. The molecule has 0 fully saturated rings. The van der Waals surface area contributed by atoms with E-state index in [-0.39, 0.29) is 10.8 Å². The number of nitrogens with one attached hydrogen (secondary N) is 1. The second-order valence-corrected chi connectivity index (χ2v) is 8.98. The van der Waals surface area contributed by atoms with E-state index in [1.807, 2.05) is 25.1 Å². The lowest BCUT2D eigenvalue weighted by Crippen LogP contribution is -2.27. The fourth-order valence-corrected chi connectivity index (χ4v) is 4.15. The Bertz CT molecular complexity index is 1110. The summed E-state index contributed by atoms with van der Waals surface area (Å²) >= 11 is 6.10. The Morgan fingerprint density at radius 2 is 1.59 bits per heavy atom. The second-order valence-electron chi connectivity index (χ2n) is 6.61. The maximum absolute atomic E-state index is 12.8. The number of hydrogen-bond acceptors (Lipinski definition) is 3. The van der Waals surface area contributed by atoms with Crippen LogP contribution >= 0.6 is 11.6 Å². The zero-order valence-corrected chi connectivity index (χ0v) is 17.7. The highest BCUT2D eigenvalue weighted by atomic mass is 35.5. The van der Waals surface area contributed by atoms with Crippen molar-refractivity contribution in [1.29, 1.82) is 0 Å². The van der Waals surface area contributed by atoms with Gasteiger partial charge in [-0.05, 0) is 55.0 Å². The van der Waals surface area contributed by atoms with Gasteiger partial charge in [-0.3, -0.25) is 9.10 Å². The summed E-state index contributed by atoms with van der Waals surface area (Å²) in [6.45, 7) is 2.21. The molecule has 0 aromatic heterocycles. The summed E-state index contributed by atoms with van der Waals surface area (Å²) in [4.78, 5) is 12.6. The Balaban J connectivity index is 1.71. The van der Waals surface area contributed by atoms with Crippen molar-refractivity contribution in [3.8, 4) is 0 Å². The van der Waals surface area contributed by atoms with Gasteiger partial charge >= 0.3 is 0 Å². The van der Waals surface area contributed by atoms with Gasteiger partial charge in [-0.25, -0.2) is 8.42 Å². The fraction of sp³-hybridized carbons (Fsp3) is 0.136. The zero-order chi connectivity index (χ0) is 21.0. The number of hydrogen-bond donors (Lipinski definition) is 1. The minimum atomic E-state index is -3.67. The molecule has 0 spiro atoms. The molecule has 0 heterocycles. The Labute approximate surface area is 176 Å². The van der Waals surface area contributed by atoms with E-state index in [2.05, 4.69) is 5.32 Å². The first-order valence-corrected chi connectivity index (χ1v) is 10.8. The average molecular weight is 429 g/mol. The van der Waals surface area contributed by atoms with Crippen LogP contribution in [0.3, 0.4) is 0 Å². The van der Waals surface area contributed by atoms with E-state index in [1.165, 1.54) is 11.4 Å². The number of nitrogens with zero attached hydrogens (tertiary/aromatic N) is 1. The lowest BCUT2D eigenvalue weighted by molar-refractivity contribution is 0.0951. The van der Waals surface area contributed by atoms with Crippen LogP contribution in [0.1, 0.15) is 21.5 Å². The largest absolute Gasteiger partial charge is 0.348 e. The number of anilines is 1. The minimum absolute atomic E-state index is 0.215. The molecule has 0 aliphatic heterocycles. The third kappa shape index (κ3) is 4.78. The van der Waals surface area contributed by atoms with Gasteiger partial charge in [0.1, 0.15) is 0 Å². The van der Waals surface area contributed by atoms with Crippen LogP contribution in [-0.4, -0.2) is 21.4 Å². The van der Waals surface area contributed by atoms with Crippen molar-refractivity contribution in [2.24, 2.45) is 0 Å². The monoisotopic (exact) mass is 428 g/mol. The van der Waals surface area contributed by atoms with E-state index in [4.69, 9.17) is 11.6 Å². The van der Waals surface area contributed by atoms with E-state index >= 15 is 0 Å². The van der Waals surface area contributed by atoms with Crippen molar-refractivity contribution in [2.75, 3.05) is 11.4 Å². The number of carbonyl (C=O) groups excluding carboxylic acids is 1. The molecule has 29 heavy (non-hydrogen) atoms. The van der Waals surface area contributed by atoms with Crippen molar-refractivity contribution in [1.82, 2.24) is 5.32 Å². The Kier molecular flexibility index (Phi) is 6.25. The molecule has 0 saturated carbocycles. The number of aryl methyl sites for hydroxylation is 1. The molecule has 7 heteroatoms. The SMILES string of the molecule is Cc1ccc(S(=O)(=O)N(C)c2ccc(C(=O)NCc3ccccc3Cl)cc2)cc1. The van der Waals surface area contributed by atoms with Crippen LogP contribution < -0.4 is 9.62 Å². The van der Waals surface area contributed by atoms with Crippen molar-refractivity contribution in [3.05, 3.63) is 94.5 Å². The fourth-order valence-electron chi connectivity index (χ4n) is 2.75. The van der Waals surface area contributed by atoms with Gasteiger partial charge in [0, 0.05) is 24.2 Å². The molecule has 3 aromatic carbocycles. The lowest BCUT2D eigenvalue weighted by atomic mass is 10.1. The smallest absolute Gasteiger partial charge is 0.264 e. The van der Waals surface area contributed by atoms with Crippen LogP contribution in [0.2, 0.25) is 5.02 Å². The van der Waals surface area contributed by atoms with Gasteiger partial charge < -0.3 is 5.32 Å². The summed E-state index contributed by atoms with van der Waals surface area (Å²) in [6, 6.07) is 20.4. The summed E-state index contributed by atoms with van der Waals surface area (Å²) in [5, 5.41) is 3.40. The summed E-state index contributed by atoms with van der Waals surface area (Å²) < 4.78 is 26.8. The number of carbonyl (C=O) groups is 1. The molecule has 150 valence electrons. The molecular weight excluding hydrogens is 408 g/mol. The highest BCUT2D eigenvalue weighted by Crippen LogP contribution is 2.23. The predicted molar refractivity (Wildman–Crippen MR) is 116 cm³/mol. The van der Waals surface area contributed by atoms with Crippen molar-refractivity contribution in [3.63, 3.8) is 0 Å². The van der Waals surface area contributed by atoms with Gasteiger partial charge in [0.2, 0.25) is 0 Å². The Morgan fingerprint density at radius 3 is 2.21 bits per heavy atom. The van der Waals surface area contributed by atoms with E-state index in [0.717, 1.165) is 11.1 Å². The van der Waals surface area contributed by atoms with Crippen LogP contribution in [0, 0.1) is 6.92 Å². The van der Waals surface area contributed by atoms with Gasteiger partial charge in [0.15, 0.2) is 0 Å². The molecular formula is C22H21ClN2O3S. The Hall–Kier alpha value is -2.83. The van der Waals surface area contributed by atoms with Gasteiger partial charge in [-0.15, -0.1) is 0 Å². The average Bonchev–Trinajstić information content (AvgIpc) is 2.73. The van der Waals surface area contributed by atoms with Gasteiger partial charge in [-0.2, -0.15) is 0 Å². The Morgan fingerprint density at radius 1 is 0.966 bits per heavy atom. The standard InChI is InChI=1S/C22H21ClN2O3S/c1-16-7-13-20(14-8-16)29(27,28)25(2)19-11-9-17(10-12-19)22(26)24-15-18-5-3-4-6-21(18)23/h3-14H,15H2,1-2H3,(H,24,26). The van der Waals surface area contributed by atoms with E-state index in [9.17, 15) is 13.2 Å². The highest BCUT2D eigenvalue weighted by molar-refractivity contribution is 7.92. The topological polar surface area (TPSA) is 66.5 Å². The molecule has 0 radical (unpaired) electrons. The lowest BCUT2D eigenvalue weighted by Gasteiger charge is -2.20. The first-order valence-electron chi connectivity index (χ1n) is 8.96. The molecule has 0 aliphatic rings. The number of amides is 1. The second kappa shape index (κ2) is 8.68. The van der Waals surface area contributed by atoms with E-state index < -0.39 is 10.0 Å². The summed E-state index contributed by atoms with van der Waals surface area (Å²) in [7, 11) is -2.19. The summed E-state index contributed by atoms with van der Waals surface area (Å²) in [5.74, 6) is -0.263. The predicted octanol–water partition coefficient (Wildman–Crippen LogP) is 4.40. The first-order chi connectivity index (χ1) is 13.8. The number of benzene rings is 3. The van der Waals surface area contributed by atoms with Crippen molar-refractivity contribution >= 4 is 33.2 Å². The molecule has 0 saturated heterocycles. The quantitative estimate of drug-likeness (QED) is 0.632. The molecule has 3 aromatic rings. The van der Waals surface area contributed by atoms with Crippen molar-refractivity contribution < 1.29 is 13.2 Å². The maximum Gasteiger partial charge on any atom is 0.264 e. The van der Waals surface area contributed by atoms with Crippen LogP contribution in [-0.2, 0) is 16.6 Å².